The first-order chi connectivity index (χ1) is 8.91. The third kappa shape index (κ3) is 5.27. The maximum absolute atomic E-state index is 10.7. The highest BCUT2D eigenvalue weighted by atomic mass is 35.5. The number of ether oxygens (including phenoxy) is 1. The zero-order valence-electron chi connectivity index (χ0n) is 10.9. The number of carboxylic acids is 1. The van der Waals surface area contributed by atoms with Gasteiger partial charge in [0.05, 0.1) is 16.6 Å². The van der Waals surface area contributed by atoms with Crippen LogP contribution in [-0.2, 0) is 4.79 Å². The van der Waals surface area contributed by atoms with Gasteiger partial charge in [-0.25, -0.2) is 0 Å². The summed E-state index contributed by atoms with van der Waals surface area (Å²) < 4.78 is 5.53. The Hall–Kier alpha value is -0.970. The highest BCUT2D eigenvalue weighted by molar-refractivity contribution is 6.37. The zero-order valence-corrected chi connectivity index (χ0v) is 12.4. The van der Waals surface area contributed by atoms with Crippen molar-refractivity contribution in [3.05, 3.63) is 28.2 Å². The molecule has 106 valence electrons. The molecule has 0 aromatic heterocycles. The fourth-order valence-electron chi connectivity index (χ4n) is 1.58. The maximum atomic E-state index is 10.7. The van der Waals surface area contributed by atoms with Crippen LogP contribution in [0, 0.1) is 0 Å². The van der Waals surface area contributed by atoms with Gasteiger partial charge in [-0.3, -0.25) is 9.69 Å². The molecular weight excluding hydrogens is 289 g/mol. The second-order valence-corrected chi connectivity index (χ2v) is 5.17. The predicted molar refractivity (Wildman–Crippen MR) is 76.3 cm³/mol. The molecule has 0 aliphatic carbocycles. The van der Waals surface area contributed by atoms with Gasteiger partial charge in [0.25, 0.3) is 0 Å². The monoisotopic (exact) mass is 305 g/mol. The highest BCUT2D eigenvalue weighted by Gasteiger charge is 2.14. The van der Waals surface area contributed by atoms with Crippen LogP contribution in [0.5, 0.6) is 5.75 Å². The van der Waals surface area contributed by atoms with Gasteiger partial charge in [-0.15, -0.1) is 0 Å². The SMILES string of the molecule is CC(C)N(CCOc1c(Cl)cccc1Cl)CC(=O)O. The van der Waals surface area contributed by atoms with Crippen LogP contribution in [0.15, 0.2) is 18.2 Å². The van der Waals surface area contributed by atoms with Gasteiger partial charge in [-0.1, -0.05) is 29.3 Å². The molecule has 0 saturated heterocycles. The average molecular weight is 306 g/mol. The molecule has 19 heavy (non-hydrogen) atoms. The summed E-state index contributed by atoms with van der Waals surface area (Å²) in [6, 6.07) is 5.25. The summed E-state index contributed by atoms with van der Waals surface area (Å²) in [5.41, 5.74) is 0. The van der Waals surface area contributed by atoms with Crippen LogP contribution < -0.4 is 4.74 Å². The number of aliphatic carboxylic acids is 1. The van der Waals surface area contributed by atoms with E-state index in [2.05, 4.69) is 0 Å². The van der Waals surface area contributed by atoms with Crippen molar-refractivity contribution < 1.29 is 14.6 Å². The number of nitrogens with zero attached hydrogens (tertiary/aromatic N) is 1. The molecule has 1 rings (SSSR count). The lowest BCUT2D eigenvalue weighted by atomic mass is 10.3. The summed E-state index contributed by atoms with van der Waals surface area (Å²) in [6.07, 6.45) is 0. The minimum Gasteiger partial charge on any atom is -0.489 e. The van der Waals surface area contributed by atoms with Crippen LogP contribution in [0.3, 0.4) is 0 Å². The molecule has 1 aromatic rings. The molecule has 0 bridgehead atoms. The number of carbonyl (C=O) groups is 1. The maximum Gasteiger partial charge on any atom is 0.317 e. The van der Waals surface area contributed by atoms with Crippen molar-refractivity contribution in [1.82, 2.24) is 4.90 Å². The second kappa shape index (κ2) is 7.58. The van der Waals surface area contributed by atoms with E-state index in [1.807, 2.05) is 13.8 Å². The van der Waals surface area contributed by atoms with E-state index in [0.717, 1.165) is 0 Å². The summed E-state index contributed by atoms with van der Waals surface area (Å²) in [7, 11) is 0. The third-order valence-electron chi connectivity index (χ3n) is 2.61. The summed E-state index contributed by atoms with van der Waals surface area (Å²) >= 11 is 11.9. The number of para-hydroxylation sites is 1. The predicted octanol–water partition coefficient (Wildman–Crippen LogP) is 3.17. The smallest absolute Gasteiger partial charge is 0.317 e. The van der Waals surface area contributed by atoms with Gasteiger partial charge in [-0.2, -0.15) is 0 Å². The lowest BCUT2D eigenvalue weighted by Gasteiger charge is -2.24. The standard InChI is InChI=1S/C13H17Cl2NO3/c1-9(2)16(8-12(17)18)6-7-19-13-10(14)4-3-5-11(13)15/h3-5,9H,6-8H2,1-2H3,(H,17,18). The first-order valence-electron chi connectivity index (χ1n) is 5.94. The topological polar surface area (TPSA) is 49.8 Å². The summed E-state index contributed by atoms with van der Waals surface area (Å²) in [6.45, 7) is 4.68. The van der Waals surface area contributed by atoms with E-state index in [4.69, 9.17) is 33.0 Å². The van der Waals surface area contributed by atoms with Crippen molar-refractivity contribution >= 4 is 29.2 Å². The van der Waals surface area contributed by atoms with E-state index < -0.39 is 5.97 Å². The molecule has 1 aromatic carbocycles. The minimum atomic E-state index is -0.857. The molecule has 0 unspecified atom stereocenters. The molecule has 6 heteroatoms. The van der Waals surface area contributed by atoms with Gasteiger partial charge < -0.3 is 9.84 Å². The molecule has 0 fully saturated rings. The van der Waals surface area contributed by atoms with E-state index in [9.17, 15) is 4.79 Å². The molecule has 0 heterocycles. The molecule has 0 aliphatic rings. The van der Waals surface area contributed by atoms with Gasteiger partial charge in [0.2, 0.25) is 0 Å². The van der Waals surface area contributed by atoms with Crippen LogP contribution in [0.1, 0.15) is 13.8 Å². The number of benzene rings is 1. The van der Waals surface area contributed by atoms with Crippen molar-refractivity contribution in [2.75, 3.05) is 19.7 Å². The van der Waals surface area contributed by atoms with E-state index in [-0.39, 0.29) is 12.6 Å². The van der Waals surface area contributed by atoms with Gasteiger partial charge in [0, 0.05) is 12.6 Å². The Balaban J connectivity index is 2.54. The quantitative estimate of drug-likeness (QED) is 0.840. The van der Waals surface area contributed by atoms with Gasteiger partial charge >= 0.3 is 5.97 Å². The fraction of sp³-hybridized carbons (Fsp3) is 0.462. The van der Waals surface area contributed by atoms with E-state index in [1.54, 1.807) is 23.1 Å². The van der Waals surface area contributed by atoms with Crippen molar-refractivity contribution in [3.8, 4) is 5.75 Å². The first kappa shape index (κ1) is 16.1. The van der Waals surface area contributed by atoms with Crippen molar-refractivity contribution in [2.45, 2.75) is 19.9 Å². The average Bonchev–Trinajstić information content (AvgIpc) is 2.30. The Morgan fingerprint density at radius 3 is 2.42 bits per heavy atom. The van der Waals surface area contributed by atoms with Crippen LogP contribution >= 0.6 is 23.2 Å². The molecule has 0 saturated carbocycles. The van der Waals surface area contributed by atoms with Gasteiger partial charge in [-0.05, 0) is 26.0 Å². The van der Waals surface area contributed by atoms with Gasteiger partial charge in [0.15, 0.2) is 5.75 Å². The summed E-state index contributed by atoms with van der Waals surface area (Å²) in [5.74, 6) is -0.422. The fourth-order valence-corrected chi connectivity index (χ4v) is 2.09. The first-order valence-corrected chi connectivity index (χ1v) is 6.70. The number of hydrogen-bond acceptors (Lipinski definition) is 3. The second-order valence-electron chi connectivity index (χ2n) is 4.36. The lowest BCUT2D eigenvalue weighted by molar-refractivity contribution is -0.138. The summed E-state index contributed by atoms with van der Waals surface area (Å²) in [4.78, 5) is 12.5. The Morgan fingerprint density at radius 1 is 1.37 bits per heavy atom. The molecule has 0 atom stereocenters. The Kier molecular flexibility index (Phi) is 6.42. The van der Waals surface area contributed by atoms with Crippen LogP contribution in [0.25, 0.3) is 0 Å². The van der Waals surface area contributed by atoms with Crippen molar-refractivity contribution in [1.29, 1.82) is 0 Å². The molecule has 0 radical (unpaired) electrons. The number of carboxylic acid groups (broad SMARTS) is 1. The van der Waals surface area contributed by atoms with Gasteiger partial charge in [0.1, 0.15) is 6.61 Å². The normalized spacial score (nSPS) is 11.1. The Labute approximate surface area is 122 Å². The number of halogens is 2. The minimum absolute atomic E-state index is 0.0166. The molecule has 4 nitrogen and oxygen atoms in total. The van der Waals surface area contributed by atoms with Crippen LogP contribution in [0.4, 0.5) is 0 Å². The number of hydrogen-bond donors (Lipinski definition) is 1. The highest BCUT2D eigenvalue weighted by Crippen LogP contribution is 2.32. The molecular formula is C13H17Cl2NO3. The Bertz CT molecular complexity index is 418. The Morgan fingerprint density at radius 2 is 1.95 bits per heavy atom. The van der Waals surface area contributed by atoms with Crippen molar-refractivity contribution in [3.63, 3.8) is 0 Å². The van der Waals surface area contributed by atoms with E-state index >= 15 is 0 Å². The lowest BCUT2D eigenvalue weighted by Crippen LogP contribution is -2.38. The van der Waals surface area contributed by atoms with Crippen LogP contribution in [-0.4, -0.2) is 41.7 Å². The third-order valence-corrected chi connectivity index (χ3v) is 3.21. The summed E-state index contributed by atoms with van der Waals surface area (Å²) in [5, 5.41) is 9.70. The van der Waals surface area contributed by atoms with E-state index in [1.165, 1.54) is 0 Å². The zero-order chi connectivity index (χ0) is 14.4. The molecule has 0 spiro atoms. The molecule has 0 aliphatic heterocycles. The molecule has 0 amide bonds. The number of rotatable bonds is 7. The van der Waals surface area contributed by atoms with E-state index in [0.29, 0.717) is 28.9 Å². The largest absolute Gasteiger partial charge is 0.489 e. The van der Waals surface area contributed by atoms with Crippen molar-refractivity contribution in [2.24, 2.45) is 0 Å². The van der Waals surface area contributed by atoms with Crippen LogP contribution in [0.2, 0.25) is 10.0 Å². The molecule has 1 N–H and O–H groups in total.